The first-order chi connectivity index (χ1) is 12.0. The van der Waals surface area contributed by atoms with Gasteiger partial charge in [0.05, 0.1) is 19.6 Å². The van der Waals surface area contributed by atoms with Crippen molar-refractivity contribution in [2.24, 2.45) is 10.8 Å². The SMILES string of the molecule is CCOC(=O)C(=O)CC(=O)C12CCC(COC3CCCCO3)(CC1)C2. The van der Waals surface area contributed by atoms with Gasteiger partial charge < -0.3 is 14.2 Å². The molecule has 1 heterocycles. The first-order valence-corrected chi connectivity index (χ1v) is 9.45. The van der Waals surface area contributed by atoms with Crippen LogP contribution in [0, 0.1) is 10.8 Å². The fourth-order valence-electron chi connectivity index (χ4n) is 4.63. The predicted octanol–water partition coefficient (Wildman–Crippen LogP) is 2.57. The number of esters is 1. The molecule has 3 fully saturated rings. The zero-order valence-electron chi connectivity index (χ0n) is 15.0. The molecule has 0 aromatic carbocycles. The van der Waals surface area contributed by atoms with Gasteiger partial charge in [-0.1, -0.05) is 0 Å². The highest BCUT2D eigenvalue weighted by Crippen LogP contribution is 2.62. The summed E-state index contributed by atoms with van der Waals surface area (Å²) in [5, 5.41) is 0. The molecule has 6 heteroatoms. The summed E-state index contributed by atoms with van der Waals surface area (Å²) in [7, 11) is 0. The highest BCUT2D eigenvalue weighted by atomic mass is 16.7. The number of rotatable bonds is 8. The van der Waals surface area contributed by atoms with Crippen LogP contribution in [0.25, 0.3) is 0 Å². The minimum atomic E-state index is -0.896. The van der Waals surface area contributed by atoms with Crippen LogP contribution >= 0.6 is 0 Å². The van der Waals surface area contributed by atoms with Crippen LogP contribution in [0.4, 0.5) is 0 Å². The topological polar surface area (TPSA) is 78.9 Å². The summed E-state index contributed by atoms with van der Waals surface area (Å²) in [6.07, 6.45) is 6.95. The Hall–Kier alpha value is -1.27. The molecule has 6 nitrogen and oxygen atoms in total. The van der Waals surface area contributed by atoms with Gasteiger partial charge in [0, 0.05) is 12.0 Å². The summed E-state index contributed by atoms with van der Waals surface area (Å²) in [5.74, 6) is -1.72. The zero-order valence-corrected chi connectivity index (χ0v) is 15.0. The van der Waals surface area contributed by atoms with Gasteiger partial charge in [-0.15, -0.1) is 0 Å². The van der Waals surface area contributed by atoms with Gasteiger partial charge in [0.2, 0.25) is 5.78 Å². The Labute approximate surface area is 148 Å². The molecule has 0 radical (unpaired) electrons. The van der Waals surface area contributed by atoms with Gasteiger partial charge in [0.1, 0.15) is 5.78 Å². The second-order valence-corrected chi connectivity index (χ2v) is 7.81. The lowest BCUT2D eigenvalue weighted by atomic mass is 9.78. The molecule has 2 saturated carbocycles. The van der Waals surface area contributed by atoms with Crippen LogP contribution in [0.2, 0.25) is 0 Å². The molecule has 3 rings (SSSR count). The van der Waals surface area contributed by atoms with Crippen molar-refractivity contribution in [3.63, 3.8) is 0 Å². The molecule has 0 aromatic heterocycles. The second kappa shape index (κ2) is 7.54. The quantitative estimate of drug-likeness (QED) is 0.379. The molecule has 140 valence electrons. The molecule has 1 unspecified atom stereocenters. The summed E-state index contributed by atoms with van der Waals surface area (Å²) in [4.78, 5) is 36.0. The van der Waals surface area contributed by atoms with E-state index in [1.54, 1.807) is 6.92 Å². The molecule has 0 aromatic rings. The summed E-state index contributed by atoms with van der Waals surface area (Å²) in [6, 6.07) is 0. The molecule has 2 bridgehead atoms. The van der Waals surface area contributed by atoms with Gasteiger partial charge in [0.25, 0.3) is 0 Å². The first-order valence-electron chi connectivity index (χ1n) is 9.45. The molecule has 3 aliphatic rings. The number of hydrogen-bond acceptors (Lipinski definition) is 6. The lowest BCUT2D eigenvalue weighted by Crippen LogP contribution is -2.31. The van der Waals surface area contributed by atoms with E-state index in [1.165, 1.54) is 0 Å². The fourth-order valence-corrected chi connectivity index (χ4v) is 4.63. The average Bonchev–Trinajstić information content (AvgIpc) is 3.19. The highest BCUT2D eigenvalue weighted by molar-refractivity contribution is 6.37. The van der Waals surface area contributed by atoms with Crippen LogP contribution in [-0.2, 0) is 28.6 Å². The number of ether oxygens (including phenoxy) is 3. The van der Waals surface area contributed by atoms with Gasteiger partial charge in [-0.3, -0.25) is 9.59 Å². The van der Waals surface area contributed by atoms with Gasteiger partial charge in [-0.2, -0.15) is 0 Å². The van der Waals surface area contributed by atoms with Crippen LogP contribution in [0.1, 0.15) is 64.7 Å². The molecule has 25 heavy (non-hydrogen) atoms. The third-order valence-electron chi connectivity index (χ3n) is 6.11. The minimum Gasteiger partial charge on any atom is -0.460 e. The number of carbonyl (C=O) groups is 3. The maximum Gasteiger partial charge on any atom is 0.375 e. The maximum atomic E-state index is 12.7. The predicted molar refractivity (Wildman–Crippen MR) is 88.8 cm³/mol. The van der Waals surface area contributed by atoms with Crippen LogP contribution in [0.15, 0.2) is 0 Å². The Morgan fingerprint density at radius 3 is 2.52 bits per heavy atom. The number of ketones is 2. The number of fused-ring (bicyclic) bond motifs is 2. The van der Waals surface area contributed by atoms with Gasteiger partial charge in [-0.05, 0) is 63.7 Å². The molecule has 1 saturated heterocycles. The lowest BCUT2D eigenvalue weighted by molar-refractivity contribution is -0.178. The largest absolute Gasteiger partial charge is 0.460 e. The standard InChI is InChI=1S/C19H28O6/c1-2-23-17(22)14(20)11-15(21)19-8-6-18(12-19,7-9-19)13-25-16-5-3-4-10-24-16/h16H,2-13H2,1H3. The molecule has 0 N–H and O–H groups in total. The summed E-state index contributed by atoms with van der Waals surface area (Å²) >= 11 is 0. The van der Waals surface area contributed by atoms with Gasteiger partial charge in [0.15, 0.2) is 6.29 Å². The van der Waals surface area contributed by atoms with E-state index in [2.05, 4.69) is 0 Å². The van der Waals surface area contributed by atoms with E-state index < -0.39 is 17.2 Å². The maximum absolute atomic E-state index is 12.7. The van der Waals surface area contributed by atoms with E-state index in [9.17, 15) is 14.4 Å². The van der Waals surface area contributed by atoms with Crippen molar-refractivity contribution >= 4 is 17.5 Å². The van der Waals surface area contributed by atoms with Gasteiger partial charge in [-0.25, -0.2) is 4.79 Å². The van der Waals surface area contributed by atoms with Crippen LogP contribution in [0.5, 0.6) is 0 Å². The van der Waals surface area contributed by atoms with Crippen molar-refractivity contribution in [1.29, 1.82) is 0 Å². The van der Waals surface area contributed by atoms with E-state index in [-0.39, 0.29) is 30.5 Å². The Morgan fingerprint density at radius 1 is 1.12 bits per heavy atom. The Balaban J connectivity index is 1.53. The molecular formula is C19H28O6. The minimum absolute atomic E-state index is 0.0312. The first kappa shape index (κ1) is 18.5. The van der Waals surface area contributed by atoms with Crippen LogP contribution < -0.4 is 0 Å². The van der Waals surface area contributed by atoms with Crippen molar-refractivity contribution in [2.75, 3.05) is 19.8 Å². The Bertz CT molecular complexity index is 526. The average molecular weight is 352 g/mol. The monoisotopic (exact) mass is 352 g/mol. The van der Waals surface area contributed by atoms with Crippen molar-refractivity contribution in [2.45, 2.75) is 71.0 Å². The molecule has 0 amide bonds. The smallest absolute Gasteiger partial charge is 0.375 e. The van der Waals surface area contributed by atoms with Crippen LogP contribution in [-0.4, -0.2) is 43.6 Å². The van der Waals surface area contributed by atoms with E-state index in [4.69, 9.17) is 14.2 Å². The van der Waals surface area contributed by atoms with E-state index in [0.717, 1.165) is 58.0 Å². The summed E-state index contributed by atoms with van der Waals surface area (Å²) < 4.78 is 16.3. The van der Waals surface area contributed by atoms with Crippen molar-refractivity contribution in [3.05, 3.63) is 0 Å². The third-order valence-corrected chi connectivity index (χ3v) is 6.11. The van der Waals surface area contributed by atoms with E-state index >= 15 is 0 Å². The second-order valence-electron chi connectivity index (χ2n) is 7.81. The summed E-state index contributed by atoms with van der Waals surface area (Å²) in [6.45, 7) is 3.17. The molecule has 0 spiro atoms. The highest BCUT2D eigenvalue weighted by Gasteiger charge is 2.57. The summed E-state index contributed by atoms with van der Waals surface area (Å²) in [5.41, 5.74) is -0.414. The number of carbonyl (C=O) groups excluding carboxylic acids is 3. The fraction of sp³-hybridized carbons (Fsp3) is 0.842. The van der Waals surface area contributed by atoms with Crippen LogP contribution in [0.3, 0.4) is 0 Å². The normalized spacial score (nSPS) is 34.0. The lowest BCUT2D eigenvalue weighted by Gasteiger charge is -2.30. The zero-order chi connectivity index (χ0) is 17.9. The van der Waals surface area contributed by atoms with Crippen molar-refractivity contribution in [3.8, 4) is 0 Å². The van der Waals surface area contributed by atoms with E-state index in [0.29, 0.717) is 6.61 Å². The molecule has 2 aliphatic carbocycles. The number of hydrogen-bond donors (Lipinski definition) is 0. The van der Waals surface area contributed by atoms with Crippen molar-refractivity contribution in [1.82, 2.24) is 0 Å². The molecular weight excluding hydrogens is 324 g/mol. The van der Waals surface area contributed by atoms with E-state index in [1.807, 2.05) is 0 Å². The van der Waals surface area contributed by atoms with Gasteiger partial charge >= 0.3 is 5.97 Å². The van der Waals surface area contributed by atoms with Crippen molar-refractivity contribution < 1.29 is 28.6 Å². The Kier molecular flexibility index (Phi) is 5.58. The molecule has 1 aliphatic heterocycles. The third kappa shape index (κ3) is 3.95. The Morgan fingerprint density at radius 2 is 1.88 bits per heavy atom. The molecule has 1 atom stereocenters. The number of Topliss-reactive ketones (excluding diaryl/α,β-unsaturated/α-hetero) is 2.